The molecule has 0 rings (SSSR count). The van der Waals surface area contributed by atoms with E-state index in [1.54, 1.807) is 0 Å². The van der Waals surface area contributed by atoms with Crippen LogP contribution in [0.25, 0.3) is 0 Å². The lowest BCUT2D eigenvalue weighted by molar-refractivity contribution is -0.135. The average Bonchev–Trinajstić information content (AvgIpc) is 1.25. The van der Waals surface area contributed by atoms with Crippen LogP contribution in [0.15, 0.2) is 0 Å². The van der Waals surface area contributed by atoms with Gasteiger partial charge >= 0.3 is 0 Å². The van der Waals surface area contributed by atoms with Gasteiger partial charge in [-0.2, -0.15) is 0 Å². The van der Waals surface area contributed by atoms with E-state index in [9.17, 15) is 0 Å². The summed E-state index contributed by atoms with van der Waals surface area (Å²) in [5.41, 5.74) is 0. The van der Waals surface area contributed by atoms with Crippen LogP contribution >= 0.6 is 0 Å². The molecular formula is C4H9FO4. The molecule has 0 unspecified atom stereocenters. The Labute approximate surface area is 51.5 Å². The molecule has 5 heteroatoms. The first-order valence-corrected chi connectivity index (χ1v) is 1.86. The number of carboxylic acids is 2. The summed E-state index contributed by atoms with van der Waals surface area (Å²) < 4.78 is 0. The highest BCUT2D eigenvalue weighted by Gasteiger charge is 1.65. The normalized spacial score (nSPS) is 5.56. The summed E-state index contributed by atoms with van der Waals surface area (Å²) in [6.45, 7) is 2.17. The van der Waals surface area contributed by atoms with Gasteiger partial charge in [0, 0.05) is 13.8 Å². The standard InChI is InChI=1S/2C2H4O2.FH/c2*1-2(3)4;/h2*1H3,(H,3,4);1H. The van der Waals surface area contributed by atoms with Crippen LogP contribution in [0, 0.1) is 0 Å². The smallest absolute Gasteiger partial charge is 0.300 e. The van der Waals surface area contributed by atoms with Gasteiger partial charge in [-0.1, -0.05) is 0 Å². The van der Waals surface area contributed by atoms with Gasteiger partial charge in [0.15, 0.2) is 0 Å². The van der Waals surface area contributed by atoms with E-state index in [2.05, 4.69) is 0 Å². The summed E-state index contributed by atoms with van der Waals surface area (Å²) in [5.74, 6) is -1.67. The van der Waals surface area contributed by atoms with Crippen molar-refractivity contribution in [2.24, 2.45) is 0 Å². The van der Waals surface area contributed by atoms with Gasteiger partial charge in [-0.3, -0.25) is 14.3 Å². The van der Waals surface area contributed by atoms with Crippen molar-refractivity contribution in [3.05, 3.63) is 0 Å². The molecule has 0 bridgehead atoms. The van der Waals surface area contributed by atoms with Gasteiger partial charge in [-0.05, 0) is 0 Å². The molecule has 0 aromatic carbocycles. The van der Waals surface area contributed by atoms with Crippen LogP contribution in [0.3, 0.4) is 0 Å². The number of carboxylic acid groups (broad SMARTS) is 2. The second kappa shape index (κ2) is 9.98. The van der Waals surface area contributed by atoms with Crippen LogP contribution in [-0.4, -0.2) is 22.2 Å². The summed E-state index contributed by atoms with van der Waals surface area (Å²) in [6.07, 6.45) is 0. The van der Waals surface area contributed by atoms with Gasteiger partial charge in [-0.25, -0.2) is 0 Å². The number of hydrogen-bond donors (Lipinski definition) is 2. The highest BCUT2D eigenvalue weighted by atomic mass is 19.0. The zero-order valence-corrected chi connectivity index (χ0v) is 5.12. The molecule has 0 aliphatic carbocycles. The van der Waals surface area contributed by atoms with Gasteiger partial charge in [0.2, 0.25) is 0 Å². The summed E-state index contributed by atoms with van der Waals surface area (Å²) in [7, 11) is 0. The topological polar surface area (TPSA) is 74.6 Å². The summed E-state index contributed by atoms with van der Waals surface area (Å²) >= 11 is 0. The Morgan fingerprint density at radius 3 is 1.00 bits per heavy atom. The molecule has 0 amide bonds. The van der Waals surface area contributed by atoms with Crippen LogP contribution in [-0.2, 0) is 9.59 Å². The van der Waals surface area contributed by atoms with Crippen molar-refractivity contribution in [2.75, 3.05) is 0 Å². The molecular weight excluding hydrogens is 131 g/mol. The minimum absolute atomic E-state index is 0. The van der Waals surface area contributed by atoms with E-state index in [0.29, 0.717) is 0 Å². The third kappa shape index (κ3) is 128. The van der Waals surface area contributed by atoms with Crippen molar-refractivity contribution >= 4 is 11.9 Å². The molecule has 0 aromatic rings. The van der Waals surface area contributed by atoms with Crippen LogP contribution < -0.4 is 0 Å². The minimum Gasteiger partial charge on any atom is -0.481 e. The lowest BCUT2D eigenvalue weighted by atomic mass is 10.9. The molecule has 0 spiro atoms. The van der Waals surface area contributed by atoms with Crippen molar-refractivity contribution in [3.63, 3.8) is 0 Å². The van der Waals surface area contributed by atoms with Crippen molar-refractivity contribution in [3.8, 4) is 0 Å². The Morgan fingerprint density at radius 1 is 1.00 bits per heavy atom. The zero-order chi connectivity index (χ0) is 7.15. The quantitative estimate of drug-likeness (QED) is 0.508. The predicted molar refractivity (Wildman–Crippen MR) is 29.1 cm³/mol. The molecule has 0 atom stereocenters. The Balaban J connectivity index is -0.0000000720. The predicted octanol–water partition coefficient (Wildman–Crippen LogP) is 0.334. The molecule has 9 heavy (non-hydrogen) atoms. The largest absolute Gasteiger partial charge is 0.481 e. The van der Waals surface area contributed by atoms with E-state index in [4.69, 9.17) is 19.8 Å². The van der Waals surface area contributed by atoms with Crippen molar-refractivity contribution < 1.29 is 24.5 Å². The van der Waals surface area contributed by atoms with Crippen LogP contribution in [0.5, 0.6) is 0 Å². The van der Waals surface area contributed by atoms with Gasteiger partial charge in [-0.15, -0.1) is 0 Å². The molecule has 56 valence electrons. The fraction of sp³-hybridized carbons (Fsp3) is 0.500. The van der Waals surface area contributed by atoms with Gasteiger partial charge in [0.25, 0.3) is 11.9 Å². The number of aliphatic carboxylic acids is 2. The van der Waals surface area contributed by atoms with E-state index in [0.717, 1.165) is 13.8 Å². The number of hydrogen-bond acceptors (Lipinski definition) is 2. The number of rotatable bonds is 0. The minimum atomic E-state index is -0.833. The van der Waals surface area contributed by atoms with Crippen molar-refractivity contribution in [1.29, 1.82) is 0 Å². The Kier molecular flexibility index (Phi) is 17.4. The number of halogens is 1. The molecule has 0 aromatic heterocycles. The fourth-order valence-electron chi connectivity index (χ4n) is 0. The van der Waals surface area contributed by atoms with Gasteiger partial charge < -0.3 is 10.2 Å². The zero-order valence-electron chi connectivity index (χ0n) is 5.12. The molecule has 0 saturated heterocycles. The monoisotopic (exact) mass is 140 g/mol. The average molecular weight is 140 g/mol. The van der Waals surface area contributed by atoms with Gasteiger partial charge in [0.1, 0.15) is 0 Å². The molecule has 0 fully saturated rings. The first-order valence-electron chi connectivity index (χ1n) is 1.86. The Hall–Kier alpha value is -1.13. The molecule has 0 saturated carbocycles. The molecule has 0 aliphatic rings. The highest BCUT2D eigenvalue weighted by molar-refractivity contribution is 5.63. The van der Waals surface area contributed by atoms with Crippen LogP contribution in [0.2, 0.25) is 0 Å². The second-order valence-corrected chi connectivity index (χ2v) is 1.04. The van der Waals surface area contributed by atoms with E-state index < -0.39 is 11.9 Å². The van der Waals surface area contributed by atoms with E-state index in [1.807, 2.05) is 0 Å². The maximum atomic E-state index is 9.00. The Bertz CT molecular complexity index is 70.6. The molecule has 0 heterocycles. The molecule has 0 aliphatic heterocycles. The summed E-state index contributed by atoms with van der Waals surface area (Å²) in [6, 6.07) is 0. The SMILES string of the molecule is CC(=O)O.CC(=O)O.F. The third-order valence-corrected chi connectivity index (χ3v) is 0. The van der Waals surface area contributed by atoms with Gasteiger partial charge in [0.05, 0.1) is 0 Å². The third-order valence-electron chi connectivity index (χ3n) is 0. The van der Waals surface area contributed by atoms with E-state index in [1.165, 1.54) is 0 Å². The fourth-order valence-corrected chi connectivity index (χ4v) is 0. The second-order valence-electron chi connectivity index (χ2n) is 1.04. The number of carbonyl (C=O) groups is 2. The van der Waals surface area contributed by atoms with Crippen molar-refractivity contribution in [1.82, 2.24) is 0 Å². The first-order chi connectivity index (χ1) is 3.46. The molecule has 4 nitrogen and oxygen atoms in total. The first kappa shape index (κ1) is 15.7. The Morgan fingerprint density at radius 2 is 1.00 bits per heavy atom. The lowest BCUT2D eigenvalue weighted by Gasteiger charge is -1.59. The molecule has 0 radical (unpaired) electrons. The van der Waals surface area contributed by atoms with Crippen LogP contribution in [0.4, 0.5) is 4.70 Å². The summed E-state index contributed by atoms with van der Waals surface area (Å²) in [5, 5.41) is 14.8. The lowest BCUT2D eigenvalue weighted by Crippen LogP contribution is -1.78. The highest BCUT2D eigenvalue weighted by Crippen LogP contribution is 1.42. The van der Waals surface area contributed by atoms with E-state index in [-0.39, 0.29) is 4.70 Å². The van der Waals surface area contributed by atoms with Crippen LogP contribution in [0.1, 0.15) is 13.8 Å². The maximum Gasteiger partial charge on any atom is 0.300 e. The summed E-state index contributed by atoms with van der Waals surface area (Å²) in [4.78, 5) is 18.0. The maximum absolute atomic E-state index is 9.00. The van der Waals surface area contributed by atoms with E-state index >= 15 is 0 Å². The van der Waals surface area contributed by atoms with Crippen molar-refractivity contribution in [2.45, 2.75) is 13.8 Å². The molecule has 2 N–H and O–H groups in total.